The van der Waals surface area contributed by atoms with E-state index in [4.69, 9.17) is 0 Å². The van der Waals surface area contributed by atoms with Gasteiger partial charge in [0.15, 0.2) is 0 Å². The molecule has 0 heterocycles. The molecule has 0 aliphatic rings. The van der Waals surface area contributed by atoms with E-state index < -0.39 is 9.85 Å². The van der Waals surface area contributed by atoms with Crippen molar-refractivity contribution < 1.29 is 15.0 Å². The number of aliphatic imine (C=N–C) groups is 1. The fourth-order valence-electron chi connectivity index (χ4n) is 2.42. The summed E-state index contributed by atoms with van der Waals surface area (Å²) in [5.41, 5.74) is 2.41. The van der Waals surface area contributed by atoms with E-state index in [1.807, 2.05) is 0 Å². The van der Waals surface area contributed by atoms with Crippen molar-refractivity contribution in [2.45, 2.75) is 0 Å². The third kappa shape index (κ3) is 4.13. The molecule has 3 aromatic carbocycles. The molecule has 0 atom stereocenters. The predicted octanol–water partition coefficient (Wildman–Crippen LogP) is 4.63. The number of rotatable bonds is 5. The molecule has 8 nitrogen and oxygen atoms in total. The quantitative estimate of drug-likeness (QED) is 0.403. The highest BCUT2D eigenvalue weighted by atomic mass is 16.6. The summed E-state index contributed by atoms with van der Waals surface area (Å²) >= 11 is 0. The smallest absolute Gasteiger partial charge is 0.270 e. The van der Waals surface area contributed by atoms with Crippen molar-refractivity contribution in [2.24, 2.45) is 4.99 Å². The molecular weight excluding hydrogens is 350 g/mol. The van der Waals surface area contributed by atoms with Gasteiger partial charge in [-0.3, -0.25) is 25.2 Å². The Labute approximate surface area is 153 Å². The highest BCUT2D eigenvalue weighted by molar-refractivity contribution is 5.86. The maximum atomic E-state index is 10.8. The van der Waals surface area contributed by atoms with Gasteiger partial charge in [0.1, 0.15) is 5.75 Å². The van der Waals surface area contributed by atoms with Gasteiger partial charge in [-0.1, -0.05) is 12.1 Å². The van der Waals surface area contributed by atoms with Crippen LogP contribution in [0.2, 0.25) is 0 Å². The van der Waals surface area contributed by atoms with Gasteiger partial charge >= 0.3 is 0 Å². The summed E-state index contributed by atoms with van der Waals surface area (Å²) in [6.45, 7) is 0. The van der Waals surface area contributed by atoms with Gasteiger partial charge in [0.25, 0.3) is 11.4 Å². The van der Waals surface area contributed by atoms with E-state index in [2.05, 4.69) is 4.99 Å². The first kappa shape index (κ1) is 17.7. The Hall–Kier alpha value is -4.07. The Kier molecular flexibility index (Phi) is 4.89. The molecule has 134 valence electrons. The number of non-ortho nitro benzene ring substituents is 2. The van der Waals surface area contributed by atoms with E-state index in [0.717, 1.165) is 11.1 Å². The van der Waals surface area contributed by atoms with Crippen molar-refractivity contribution in [2.75, 3.05) is 0 Å². The second-order valence-corrected chi connectivity index (χ2v) is 5.61. The van der Waals surface area contributed by atoms with Crippen molar-refractivity contribution in [3.05, 3.63) is 92.5 Å². The van der Waals surface area contributed by atoms with Gasteiger partial charge in [-0.25, -0.2) is 0 Å². The molecule has 0 aliphatic heterocycles. The Morgan fingerprint density at radius 1 is 0.778 bits per heavy atom. The molecule has 0 saturated carbocycles. The molecule has 0 saturated heterocycles. The summed E-state index contributed by atoms with van der Waals surface area (Å²) in [6.07, 6.45) is 1.35. The minimum Gasteiger partial charge on any atom is -0.507 e. The number of aromatic hydroxyl groups is 1. The number of phenolic OH excluding ortho intramolecular Hbond substituents is 1. The number of nitro groups is 2. The monoisotopic (exact) mass is 363 g/mol. The van der Waals surface area contributed by atoms with Gasteiger partial charge in [-0.15, -0.1) is 0 Å². The highest BCUT2D eigenvalue weighted by Crippen LogP contribution is 2.26. The van der Waals surface area contributed by atoms with Crippen LogP contribution in [0.25, 0.3) is 11.1 Å². The maximum Gasteiger partial charge on any atom is 0.270 e. The molecule has 0 unspecified atom stereocenters. The van der Waals surface area contributed by atoms with Crippen LogP contribution >= 0.6 is 0 Å². The van der Waals surface area contributed by atoms with Crippen LogP contribution in [0.4, 0.5) is 17.1 Å². The van der Waals surface area contributed by atoms with Crippen LogP contribution in [0.15, 0.2) is 71.7 Å². The first-order valence-electron chi connectivity index (χ1n) is 7.80. The Balaban J connectivity index is 1.80. The van der Waals surface area contributed by atoms with E-state index in [1.54, 1.807) is 36.4 Å². The van der Waals surface area contributed by atoms with Gasteiger partial charge < -0.3 is 5.11 Å². The minimum absolute atomic E-state index is 0.0248. The predicted molar refractivity (Wildman–Crippen MR) is 101 cm³/mol. The third-order valence-electron chi connectivity index (χ3n) is 3.85. The van der Waals surface area contributed by atoms with Crippen LogP contribution in [0.1, 0.15) is 5.56 Å². The van der Waals surface area contributed by atoms with Crippen LogP contribution < -0.4 is 0 Å². The summed E-state index contributed by atoms with van der Waals surface area (Å²) in [5.74, 6) is -0.105. The van der Waals surface area contributed by atoms with Gasteiger partial charge in [0.05, 0.1) is 15.5 Å². The largest absolute Gasteiger partial charge is 0.507 e. The van der Waals surface area contributed by atoms with Crippen molar-refractivity contribution in [1.82, 2.24) is 0 Å². The SMILES string of the molecule is O=[N+]([O-])c1ccc(-c2ccc(N=Cc3cc([N+](=O)[O-])ccc3O)cc2)cc1. The lowest BCUT2D eigenvalue weighted by Gasteiger charge is -2.02. The number of hydrogen-bond donors (Lipinski definition) is 1. The van der Waals surface area contributed by atoms with Crippen LogP contribution in [0.5, 0.6) is 5.75 Å². The van der Waals surface area contributed by atoms with Gasteiger partial charge in [0.2, 0.25) is 0 Å². The highest BCUT2D eigenvalue weighted by Gasteiger charge is 2.09. The molecule has 27 heavy (non-hydrogen) atoms. The van der Waals surface area contributed by atoms with Crippen LogP contribution in [-0.4, -0.2) is 21.2 Å². The minimum atomic E-state index is -0.546. The average Bonchev–Trinajstić information content (AvgIpc) is 2.67. The van der Waals surface area contributed by atoms with Crippen molar-refractivity contribution in [1.29, 1.82) is 0 Å². The summed E-state index contributed by atoms with van der Waals surface area (Å²) in [5, 5.41) is 31.3. The summed E-state index contributed by atoms with van der Waals surface area (Å²) in [6, 6.07) is 17.0. The maximum absolute atomic E-state index is 10.8. The second-order valence-electron chi connectivity index (χ2n) is 5.61. The fourth-order valence-corrected chi connectivity index (χ4v) is 2.42. The second kappa shape index (κ2) is 7.44. The standard InChI is InChI=1S/C19H13N3O5/c23-19-10-9-18(22(26)27)11-15(19)12-20-16-5-1-13(2-6-16)14-3-7-17(8-4-14)21(24)25/h1-12,23H. The zero-order valence-electron chi connectivity index (χ0n) is 13.9. The molecule has 8 heteroatoms. The molecule has 1 N–H and O–H groups in total. The summed E-state index contributed by atoms with van der Waals surface area (Å²) in [7, 11) is 0. The molecular formula is C19H13N3O5. The van der Waals surface area contributed by atoms with Crippen LogP contribution in [0, 0.1) is 20.2 Å². The number of benzene rings is 3. The molecule has 0 spiro atoms. The van der Waals surface area contributed by atoms with E-state index in [1.165, 1.54) is 36.5 Å². The van der Waals surface area contributed by atoms with Crippen molar-refractivity contribution >= 4 is 23.3 Å². The lowest BCUT2D eigenvalue weighted by atomic mass is 10.1. The first-order valence-corrected chi connectivity index (χ1v) is 7.80. The number of nitrogens with zero attached hydrogens (tertiary/aromatic N) is 3. The Morgan fingerprint density at radius 3 is 1.85 bits per heavy atom. The normalized spacial score (nSPS) is 10.8. The molecule has 0 amide bonds. The van der Waals surface area contributed by atoms with E-state index in [9.17, 15) is 25.3 Å². The van der Waals surface area contributed by atoms with Gasteiger partial charge in [-0.05, 0) is 41.5 Å². The van der Waals surface area contributed by atoms with Crippen molar-refractivity contribution in [3.63, 3.8) is 0 Å². The number of nitro benzene ring substituents is 2. The van der Waals surface area contributed by atoms with E-state index in [-0.39, 0.29) is 22.7 Å². The molecule has 0 radical (unpaired) electrons. The molecule has 0 aliphatic carbocycles. The average molecular weight is 363 g/mol. The number of phenols is 1. The van der Waals surface area contributed by atoms with Gasteiger partial charge in [0, 0.05) is 36.0 Å². The molecule has 3 rings (SSSR count). The molecule has 0 bridgehead atoms. The zero-order chi connectivity index (χ0) is 19.4. The van der Waals surface area contributed by atoms with E-state index >= 15 is 0 Å². The topological polar surface area (TPSA) is 119 Å². The van der Waals surface area contributed by atoms with Crippen LogP contribution in [0.3, 0.4) is 0 Å². The summed E-state index contributed by atoms with van der Waals surface area (Å²) < 4.78 is 0. The molecule has 0 fully saturated rings. The van der Waals surface area contributed by atoms with E-state index in [0.29, 0.717) is 5.69 Å². The fraction of sp³-hybridized carbons (Fsp3) is 0. The van der Waals surface area contributed by atoms with Crippen LogP contribution in [-0.2, 0) is 0 Å². The first-order chi connectivity index (χ1) is 12.9. The lowest BCUT2D eigenvalue weighted by molar-refractivity contribution is -0.385. The lowest BCUT2D eigenvalue weighted by Crippen LogP contribution is -1.90. The van der Waals surface area contributed by atoms with Gasteiger partial charge in [-0.2, -0.15) is 0 Å². The third-order valence-corrected chi connectivity index (χ3v) is 3.85. The summed E-state index contributed by atoms with van der Waals surface area (Å²) in [4.78, 5) is 24.7. The number of hydrogen-bond acceptors (Lipinski definition) is 6. The Morgan fingerprint density at radius 2 is 1.30 bits per heavy atom. The zero-order valence-corrected chi connectivity index (χ0v) is 13.9. The molecule has 0 aromatic heterocycles. The Bertz CT molecular complexity index is 1030. The van der Waals surface area contributed by atoms with Crippen molar-refractivity contribution in [3.8, 4) is 16.9 Å². The molecule has 3 aromatic rings.